The van der Waals surface area contributed by atoms with Crippen molar-refractivity contribution in [3.63, 3.8) is 0 Å². The lowest BCUT2D eigenvalue weighted by atomic mass is 9.93. The fraction of sp³-hybridized carbons (Fsp3) is 0.571. The zero-order valence-electron chi connectivity index (χ0n) is 16.3. The lowest BCUT2D eigenvalue weighted by molar-refractivity contribution is 0.0687. The number of carbonyl (C=O) groups excluding carboxylic acids is 1. The first-order valence-electron chi connectivity index (χ1n) is 10.1. The molecule has 7 heteroatoms. The van der Waals surface area contributed by atoms with E-state index in [4.69, 9.17) is 14.0 Å². The summed E-state index contributed by atoms with van der Waals surface area (Å²) < 4.78 is 16.0. The molecule has 0 atom stereocenters. The van der Waals surface area contributed by atoms with Crippen molar-refractivity contribution < 1.29 is 18.8 Å². The quantitative estimate of drug-likeness (QED) is 0.787. The number of hydrogen-bond donors (Lipinski definition) is 0. The number of amides is 1. The minimum atomic E-state index is 0.0840. The van der Waals surface area contributed by atoms with Crippen molar-refractivity contribution >= 4 is 5.91 Å². The molecule has 1 aromatic heterocycles. The Morgan fingerprint density at radius 1 is 1.14 bits per heavy atom. The van der Waals surface area contributed by atoms with Crippen LogP contribution < -0.4 is 4.74 Å². The van der Waals surface area contributed by atoms with Crippen molar-refractivity contribution in [2.45, 2.75) is 38.0 Å². The number of carbonyl (C=O) groups is 1. The minimum absolute atomic E-state index is 0.0840. The molecule has 150 valence electrons. The van der Waals surface area contributed by atoms with Crippen molar-refractivity contribution in [1.29, 1.82) is 0 Å². The van der Waals surface area contributed by atoms with E-state index in [1.165, 1.54) is 0 Å². The SMILES string of the molecule is COc1ccc(C(=O)N2CCC(Cc3nc(C4CCOCC4)no3)CC2)cc1. The molecule has 2 saturated heterocycles. The van der Waals surface area contributed by atoms with Crippen LogP contribution in [0.2, 0.25) is 0 Å². The van der Waals surface area contributed by atoms with Crippen molar-refractivity contribution in [3.8, 4) is 5.75 Å². The van der Waals surface area contributed by atoms with Gasteiger partial charge in [-0.1, -0.05) is 5.16 Å². The Morgan fingerprint density at radius 2 is 1.86 bits per heavy atom. The van der Waals surface area contributed by atoms with E-state index in [1.807, 2.05) is 29.2 Å². The van der Waals surface area contributed by atoms with Crippen LogP contribution in [0.1, 0.15) is 53.7 Å². The predicted octanol–water partition coefficient (Wildman–Crippen LogP) is 3.07. The fourth-order valence-corrected chi connectivity index (χ4v) is 3.98. The Kier molecular flexibility index (Phi) is 5.90. The third-order valence-electron chi connectivity index (χ3n) is 5.77. The molecular weight excluding hydrogens is 358 g/mol. The summed E-state index contributed by atoms with van der Waals surface area (Å²) in [6, 6.07) is 7.30. The van der Waals surface area contributed by atoms with Crippen LogP contribution in [-0.2, 0) is 11.2 Å². The highest BCUT2D eigenvalue weighted by atomic mass is 16.5. The molecule has 1 aromatic carbocycles. The first-order chi connectivity index (χ1) is 13.7. The van der Waals surface area contributed by atoms with Gasteiger partial charge in [0.2, 0.25) is 5.89 Å². The van der Waals surface area contributed by atoms with Crippen LogP contribution in [0.5, 0.6) is 5.75 Å². The zero-order chi connectivity index (χ0) is 19.3. The van der Waals surface area contributed by atoms with Gasteiger partial charge in [-0.15, -0.1) is 0 Å². The van der Waals surface area contributed by atoms with E-state index in [1.54, 1.807) is 7.11 Å². The van der Waals surface area contributed by atoms with Gasteiger partial charge in [0.25, 0.3) is 5.91 Å². The summed E-state index contributed by atoms with van der Waals surface area (Å²) in [7, 11) is 1.62. The number of aromatic nitrogens is 2. The maximum atomic E-state index is 12.7. The highest BCUT2D eigenvalue weighted by molar-refractivity contribution is 5.94. The van der Waals surface area contributed by atoms with Gasteiger partial charge in [-0.05, 0) is 55.9 Å². The van der Waals surface area contributed by atoms with E-state index in [-0.39, 0.29) is 5.91 Å². The van der Waals surface area contributed by atoms with Gasteiger partial charge in [0.1, 0.15) is 5.75 Å². The molecule has 0 saturated carbocycles. The van der Waals surface area contributed by atoms with Gasteiger partial charge in [-0.3, -0.25) is 4.79 Å². The summed E-state index contributed by atoms with van der Waals surface area (Å²) >= 11 is 0. The van der Waals surface area contributed by atoms with Crippen molar-refractivity contribution in [2.24, 2.45) is 5.92 Å². The normalized spacial score (nSPS) is 19.0. The predicted molar refractivity (Wildman–Crippen MR) is 102 cm³/mol. The summed E-state index contributed by atoms with van der Waals surface area (Å²) in [5.41, 5.74) is 0.706. The van der Waals surface area contributed by atoms with Crippen LogP contribution in [0.3, 0.4) is 0 Å². The molecule has 0 radical (unpaired) electrons. The molecule has 0 bridgehead atoms. The van der Waals surface area contributed by atoms with Gasteiger partial charge in [0.05, 0.1) is 7.11 Å². The molecule has 2 fully saturated rings. The van der Waals surface area contributed by atoms with Crippen LogP contribution in [0.4, 0.5) is 0 Å². The highest BCUT2D eigenvalue weighted by Gasteiger charge is 2.26. The fourth-order valence-electron chi connectivity index (χ4n) is 3.98. The molecule has 0 N–H and O–H groups in total. The van der Waals surface area contributed by atoms with E-state index in [0.29, 0.717) is 17.4 Å². The lowest BCUT2D eigenvalue weighted by Crippen LogP contribution is -2.38. The number of ether oxygens (including phenoxy) is 2. The average molecular weight is 385 g/mol. The van der Waals surface area contributed by atoms with Crippen LogP contribution >= 0.6 is 0 Å². The Bertz CT molecular complexity index is 775. The van der Waals surface area contributed by atoms with E-state index in [0.717, 1.165) is 75.9 Å². The second kappa shape index (κ2) is 8.73. The smallest absolute Gasteiger partial charge is 0.253 e. The Balaban J connectivity index is 1.28. The molecule has 3 heterocycles. The molecule has 4 rings (SSSR count). The average Bonchev–Trinajstić information content (AvgIpc) is 3.23. The van der Waals surface area contributed by atoms with Crippen LogP contribution in [-0.4, -0.2) is 54.4 Å². The molecule has 28 heavy (non-hydrogen) atoms. The monoisotopic (exact) mass is 385 g/mol. The number of methoxy groups -OCH3 is 1. The standard InChI is InChI=1S/C21H27N3O4/c1-26-18-4-2-17(3-5-18)21(25)24-10-6-15(7-11-24)14-19-22-20(23-28-19)16-8-12-27-13-9-16/h2-5,15-16H,6-14H2,1H3. The first-order valence-corrected chi connectivity index (χ1v) is 10.1. The number of hydrogen-bond acceptors (Lipinski definition) is 6. The largest absolute Gasteiger partial charge is 0.497 e. The van der Waals surface area contributed by atoms with Crippen LogP contribution in [0.15, 0.2) is 28.8 Å². The summed E-state index contributed by atoms with van der Waals surface area (Å²) in [5, 5.41) is 4.19. The van der Waals surface area contributed by atoms with Crippen molar-refractivity contribution in [3.05, 3.63) is 41.5 Å². The van der Waals surface area contributed by atoms with Gasteiger partial charge in [-0.2, -0.15) is 4.98 Å². The Hall–Kier alpha value is -2.41. The molecule has 7 nitrogen and oxygen atoms in total. The van der Waals surface area contributed by atoms with Gasteiger partial charge in [0.15, 0.2) is 5.82 Å². The van der Waals surface area contributed by atoms with Crippen molar-refractivity contribution in [1.82, 2.24) is 15.0 Å². The van der Waals surface area contributed by atoms with E-state index in [2.05, 4.69) is 10.1 Å². The molecule has 0 spiro atoms. The van der Waals surface area contributed by atoms with Crippen LogP contribution in [0, 0.1) is 5.92 Å². The van der Waals surface area contributed by atoms with Crippen LogP contribution in [0.25, 0.3) is 0 Å². The Labute approximate surface area is 165 Å². The second-order valence-corrected chi connectivity index (χ2v) is 7.60. The molecule has 2 aliphatic rings. The van der Waals surface area contributed by atoms with Gasteiger partial charge in [-0.25, -0.2) is 0 Å². The molecule has 1 amide bonds. The topological polar surface area (TPSA) is 77.7 Å². The van der Waals surface area contributed by atoms with E-state index in [9.17, 15) is 4.79 Å². The number of nitrogens with zero attached hydrogens (tertiary/aromatic N) is 3. The molecule has 0 unspecified atom stereocenters. The second-order valence-electron chi connectivity index (χ2n) is 7.60. The third-order valence-corrected chi connectivity index (χ3v) is 5.77. The summed E-state index contributed by atoms with van der Waals surface area (Å²) in [6.07, 6.45) is 4.63. The molecule has 0 aliphatic carbocycles. The maximum absolute atomic E-state index is 12.7. The van der Waals surface area contributed by atoms with Gasteiger partial charge >= 0.3 is 0 Å². The lowest BCUT2D eigenvalue weighted by Gasteiger charge is -2.31. The summed E-state index contributed by atoms with van der Waals surface area (Å²) in [6.45, 7) is 3.07. The maximum Gasteiger partial charge on any atom is 0.253 e. The van der Waals surface area contributed by atoms with E-state index >= 15 is 0 Å². The molecular formula is C21H27N3O4. The number of rotatable bonds is 5. The molecule has 2 aliphatic heterocycles. The van der Waals surface area contributed by atoms with Crippen molar-refractivity contribution in [2.75, 3.05) is 33.4 Å². The van der Waals surface area contributed by atoms with E-state index < -0.39 is 0 Å². The van der Waals surface area contributed by atoms with Gasteiger partial charge in [0, 0.05) is 44.2 Å². The third kappa shape index (κ3) is 4.35. The molecule has 2 aromatic rings. The highest BCUT2D eigenvalue weighted by Crippen LogP contribution is 2.27. The zero-order valence-corrected chi connectivity index (χ0v) is 16.3. The number of piperidine rings is 1. The summed E-state index contributed by atoms with van der Waals surface area (Å²) in [5.74, 6) is 3.22. The van der Waals surface area contributed by atoms with Gasteiger partial charge < -0.3 is 18.9 Å². The minimum Gasteiger partial charge on any atom is -0.497 e. The first kappa shape index (κ1) is 18.9. The number of benzene rings is 1. The Morgan fingerprint density at radius 3 is 2.54 bits per heavy atom. The number of likely N-dealkylation sites (tertiary alicyclic amines) is 1. The summed E-state index contributed by atoms with van der Waals surface area (Å²) in [4.78, 5) is 19.2.